The summed E-state index contributed by atoms with van der Waals surface area (Å²) >= 11 is 0. The molecule has 2 fully saturated rings. The van der Waals surface area contributed by atoms with Crippen molar-refractivity contribution in [1.82, 2.24) is 14.7 Å². The quantitative estimate of drug-likeness (QED) is 0.391. The van der Waals surface area contributed by atoms with E-state index in [0.717, 1.165) is 32.7 Å². The maximum Gasteiger partial charge on any atom is 0.416 e. The Morgan fingerprint density at radius 1 is 0.919 bits per heavy atom. The SMILES string of the molecule is CC(N)=O.CCCCCCN1CCN(C2CN(C(=O)Nc3cc(C(F)(F)F)cc(C(F)(F)F)c3)C2)CC1. The van der Waals surface area contributed by atoms with Gasteiger partial charge in [0.25, 0.3) is 0 Å². The van der Waals surface area contributed by atoms with Crippen LogP contribution in [0.4, 0.5) is 36.8 Å². The zero-order valence-corrected chi connectivity index (χ0v) is 21.1. The number of nitrogens with one attached hydrogen (secondary N) is 1. The third kappa shape index (κ3) is 10.0. The highest BCUT2D eigenvalue weighted by molar-refractivity contribution is 5.90. The molecule has 2 heterocycles. The predicted octanol–water partition coefficient (Wildman–Crippen LogP) is 4.63. The van der Waals surface area contributed by atoms with Gasteiger partial charge >= 0.3 is 18.4 Å². The van der Waals surface area contributed by atoms with E-state index in [1.807, 2.05) is 0 Å². The molecule has 3 amide bonds. The lowest BCUT2D eigenvalue weighted by molar-refractivity contribution is -0.143. The highest BCUT2D eigenvalue weighted by atomic mass is 19.4. The van der Waals surface area contributed by atoms with Crippen molar-refractivity contribution in [1.29, 1.82) is 0 Å². The van der Waals surface area contributed by atoms with Crippen LogP contribution in [0.3, 0.4) is 0 Å². The van der Waals surface area contributed by atoms with Crippen molar-refractivity contribution in [3.05, 3.63) is 29.3 Å². The molecular formula is C24H35F6N5O2. The fourth-order valence-electron chi connectivity index (χ4n) is 4.20. The second-order valence-electron chi connectivity index (χ2n) is 9.33. The van der Waals surface area contributed by atoms with Crippen LogP contribution in [-0.4, -0.2) is 78.5 Å². The largest absolute Gasteiger partial charge is 0.416 e. The van der Waals surface area contributed by atoms with E-state index in [2.05, 4.69) is 27.8 Å². The van der Waals surface area contributed by atoms with E-state index in [-0.39, 0.29) is 18.0 Å². The zero-order valence-electron chi connectivity index (χ0n) is 21.1. The van der Waals surface area contributed by atoms with Gasteiger partial charge in [0, 0.05) is 57.9 Å². The number of rotatable bonds is 7. The number of hydrogen-bond donors (Lipinski definition) is 2. The number of halogens is 6. The lowest BCUT2D eigenvalue weighted by atomic mass is 10.1. The van der Waals surface area contributed by atoms with Crippen LogP contribution in [0.15, 0.2) is 18.2 Å². The van der Waals surface area contributed by atoms with Crippen molar-refractivity contribution >= 4 is 17.6 Å². The number of unbranched alkanes of at least 4 members (excludes halogenated alkanes) is 3. The van der Waals surface area contributed by atoms with Crippen LogP contribution in [0.25, 0.3) is 0 Å². The maximum absolute atomic E-state index is 13.0. The van der Waals surface area contributed by atoms with Gasteiger partial charge in [0.1, 0.15) is 0 Å². The molecule has 2 aliphatic rings. The van der Waals surface area contributed by atoms with Crippen LogP contribution in [0.2, 0.25) is 0 Å². The summed E-state index contributed by atoms with van der Waals surface area (Å²) in [6.45, 7) is 9.05. The summed E-state index contributed by atoms with van der Waals surface area (Å²) in [4.78, 5) is 27.7. The highest BCUT2D eigenvalue weighted by Crippen LogP contribution is 2.37. The van der Waals surface area contributed by atoms with E-state index in [0.29, 0.717) is 25.2 Å². The molecule has 13 heteroatoms. The molecule has 0 bridgehead atoms. The maximum atomic E-state index is 13.0. The number of urea groups is 1. The molecule has 3 N–H and O–H groups in total. The third-order valence-corrected chi connectivity index (χ3v) is 6.24. The Hall–Kier alpha value is -2.54. The molecule has 0 aliphatic carbocycles. The molecule has 0 saturated carbocycles. The minimum atomic E-state index is -4.96. The summed E-state index contributed by atoms with van der Waals surface area (Å²) in [5.74, 6) is -0.333. The van der Waals surface area contributed by atoms with E-state index in [1.54, 1.807) is 0 Å². The standard InChI is InChI=1S/C22H30F6N4O.C2H5NO/c1-2-3-4-5-6-30-7-9-31(10-8-30)19-14-32(15-19)20(33)29-18-12-16(21(23,24)25)11-17(13-18)22(26,27)28;1-2(3)4/h11-13,19H,2-10,14-15H2,1H3,(H,29,33);1H3,(H2,3,4). The molecule has 1 aromatic rings. The average molecular weight is 540 g/mol. The van der Waals surface area contributed by atoms with Gasteiger partial charge in [0.05, 0.1) is 11.1 Å². The van der Waals surface area contributed by atoms with Gasteiger partial charge in [-0.2, -0.15) is 26.3 Å². The molecular weight excluding hydrogens is 504 g/mol. The van der Waals surface area contributed by atoms with Gasteiger partial charge in [-0.25, -0.2) is 4.79 Å². The number of amides is 3. The Morgan fingerprint density at radius 2 is 1.43 bits per heavy atom. The van der Waals surface area contributed by atoms with Crippen LogP contribution in [0.1, 0.15) is 50.7 Å². The van der Waals surface area contributed by atoms with Crippen molar-refractivity contribution in [2.24, 2.45) is 5.73 Å². The lowest BCUT2D eigenvalue weighted by Gasteiger charge is -2.48. The Kier molecular flexibility index (Phi) is 11.0. The predicted molar refractivity (Wildman–Crippen MR) is 128 cm³/mol. The number of hydrogen-bond acceptors (Lipinski definition) is 4. The number of piperazine rings is 1. The van der Waals surface area contributed by atoms with E-state index in [4.69, 9.17) is 0 Å². The lowest BCUT2D eigenvalue weighted by Crippen LogP contribution is -2.64. The van der Waals surface area contributed by atoms with Crippen molar-refractivity contribution in [2.45, 2.75) is 57.9 Å². The normalized spacial score (nSPS) is 17.6. The first-order valence-electron chi connectivity index (χ1n) is 12.3. The van der Waals surface area contributed by atoms with E-state index in [9.17, 15) is 35.9 Å². The van der Waals surface area contributed by atoms with E-state index in [1.165, 1.54) is 37.5 Å². The van der Waals surface area contributed by atoms with Gasteiger partial charge in [-0.15, -0.1) is 0 Å². The van der Waals surface area contributed by atoms with Crippen molar-refractivity contribution < 1.29 is 35.9 Å². The van der Waals surface area contributed by atoms with Gasteiger partial charge in [-0.1, -0.05) is 26.2 Å². The third-order valence-electron chi connectivity index (χ3n) is 6.24. The summed E-state index contributed by atoms with van der Waals surface area (Å²) in [7, 11) is 0. The molecule has 7 nitrogen and oxygen atoms in total. The molecule has 0 atom stereocenters. The molecule has 2 aliphatic heterocycles. The average Bonchev–Trinajstić information content (AvgIpc) is 2.75. The monoisotopic (exact) mass is 539 g/mol. The first-order chi connectivity index (χ1) is 17.2. The Balaban J connectivity index is 0.00000112. The number of anilines is 1. The first kappa shape index (κ1) is 30.7. The Morgan fingerprint density at radius 3 is 1.89 bits per heavy atom. The zero-order chi connectivity index (χ0) is 27.8. The van der Waals surface area contributed by atoms with Crippen LogP contribution >= 0.6 is 0 Å². The fraction of sp³-hybridized carbons (Fsp3) is 0.667. The summed E-state index contributed by atoms with van der Waals surface area (Å²) in [6.07, 6.45) is -5.03. The van der Waals surface area contributed by atoms with Crippen molar-refractivity contribution in [3.8, 4) is 0 Å². The molecule has 37 heavy (non-hydrogen) atoms. The molecule has 0 radical (unpaired) electrons. The Bertz CT molecular complexity index is 858. The highest BCUT2D eigenvalue weighted by Gasteiger charge is 2.39. The summed E-state index contributed by atoms with van der Waals surface area (Å²) in [6, 6.07) is 0.533. The molecule has 0 aromatic heterocycles. The number of nitrogens with two attached hydrogens (primary N) is 1. The van der Waals surface area contributed by atoms with Crippen molar-refractivity contribution in [2.75, 3.05) is 51.1 Å². The summed E-state index contributed by atoms with van der Waals surface area (Å²) in [5, 5.41) is 2.19. The second kappa shape index (κ2) is 13.3. The number of primary amides is 1. The van der Waals surface area contributed by atoms with Crippen LogP contribution in [0, 0.1) is 0 Å². The molecule has 3 rings (SSSR count). The number of likely N-dealkylation sites (tertiary alicyclic amines) is 1. The van der Waals surface area contributed by atoms with Crippen LogP contribution in [0.5, 0.6) is 0 Å². The Labute approximate surface area is 212 Å². The van der Waals surface area contributed by atoms with Gasteiger partial charge in [0.2, 0.25) is 5.91 Å². The van der Waals surface area contributed by atoms with E-state index >= 15 is 0 Å². The number of carbonyl (C=O) groups is 2. The number of carbonyl (C=O) groups excluding carboxylic acids is 2. The second-order valence-corrected chi connectivity index (χ2v) is 9.33. The van der Waals surface area contributed by atoms with Crippen molar-refractivity contribution in [3.63, 3.8) is 0 Å². The first-order valence-corrected chi connectivity index (χ1v) is 12.3. The summed E-state index contributed by atoms with van der Waals surface area (Å²) in [5.41, 5.74) is 1.03. The topological polar surface area (TPSA) is 81.9 Å². The summed E-state index contributed by atoms with van der Waals surface area (Å²) < 4.78 is 78.0. The minimum absolute atomic E-state index is 0.0404. The molecule has 2 saturated heterocycles. The van der Waals surface area contributed by atoms with Gasteiger partial charge < -0.3 is 20.9 Å². The minimum Gasteiger partial charge on any atom is -0.370 e. The smallest absolute Gasteiger partial charge is 0.370 e. The number of nitrogens with zero attached hydrogens (tertiary/aromatic N) is 3. The van der Waals surface area contributed by atoms with Gasteiger partial charge in [-0.3, -0.25) is 9.69 Å². The number of alkyl halides is 6. The van der Waals surface area contributed by atoms with E-state index < -0.39 is 35.2 Å². The molecule has 0 unspecified atom stereocenters. The van der Waals surface area contributed by atoms with Crippen LogP contribution in [-0.2, 0) is 17.1 Å². The van der Waals surface area contributed by atoms with Gasteiger partial charge in [0.15, 0.2) is 0 Å². The fourth-order valence-corrected chi connectivity index (χ4v) is 4.20. The van der Waals surface area contributed by atoms with Crippen LogP contribution < -0.4 is 11.1 Å². The molecule has 210 valence electrons. The van der Waals surface area contributed by atoms with Gasteiger partial charge in [-0.05, 0) is 31.2 Å². The molecule has 1 aromatic carbocycles. The molecule has 0 spiro atoms. The number of benzene rings is 1.